The van der Waals surface area contributed by atoms with E-state index < -0.39 is 17.9 Å². The second-order valence-electron chi connectivity index (χ2n) is 7.06. The van der Waals surface area contributed by atoms with Crippen molar-refractivity contribution in [2.45, 2.75) is 12.1 Å². The van der Waals surface area contributed by atoms with Gasteiger partial charge in [0.15, 0.2) is 5.78 Å². The normalized spacial score (nSPS) is 27.8. The number of nitrogens with one attached hydrogen (secondary N) is 1. The van der Waals surface area contributed by atoms with Crippen LogP contribution in [0.15, 0.2) is 54.7 Å². The number of nitrogens with zero attached hydrogens (tertiary/aromatic N) is 1. The summed E-state index contributed by atoms with van der Waals surface area (Å²) in [7, 11) is 0. The van der Waals surface area contributed by atoms with Crippen molar-refractivity contribution in [1.82, 2.24) is 10.2 Å². The van der Waals surface area contributed by atoms with E-state index in [1.54, 1.807) is 24.3 Å². The molecule has 2 fully saturated rings. The Bertz CT molecular complexity index is 1010. The molecule has 5 nitrogen and oxygen atoms in total. The van der Waals surface area contributed by atoms with Crippen LogP contribution in [0.5, 0.6) is 0 Å². The van der Waals surface area contributed by atoms with E-state index in [1.807, 2.05) is 41.4 Å². The van der Waals surface area contributed by atoms with Crippen molar-refractivity contribution in [1.29, 1.82) is 0 Å². The standard InChI is InChI=1S/C21H15ClN2O3/c22-13-7-5-12(6-8-13)19(25)18-16-15(20(26)23-21(16)27)17-14-4-2-1-3-11(14)9-10-24(17)18/h1-10,15-18H,(H,23,26,27)/t15-,16+,17+,18-/m1/s1. The van der Waals surface area contributed by atoms with Crippen LogP contribution in [0.1, 0.15) is 27.5 Å². The molecule has 4 atom stereocenters. The summed E-state index contributed by atoms with van der Waals surface area (Å²) < 4.78 is 0. The monoisotopic (exact) mass is 378 g/mol. The van der Waals surface area contributed by atoms with Crippen molar-refractivity contribution in [3.63, 3.8) is 0 Å². The Morgan fingerprint density at radius 2 is 1.67 bits per heavy atom. The highest BCUT2D eigenvalue weighted by atomic mass is 35.5. The van der Waals surface area contributed by atoms with Gasteiger partial charge in [0.25, 0.3) is 0 Å². The van der Waals surface area contributed by atoms with Crippen LogP contribution < -0.4 is 5.32 Å². The fourth-order valence-electron chi connectivity index (χ4n) is 4.56. The molecule has 2 amide bonds. The van der Waals surface area contributed by atoms with Crippen molar-refractivity contribution < 1.29 is 14.4 Å². The molecule has 27 heavy (non-hydrogen) atoms. The zero-order valence-corrected chi connectivity index (χ0v) is 14.9. The summed E-state index contributed by atoms with van der Waals surface area (Å²) >= 11 is 5.93. The minimum atomic E-state index is -0.725. The molecule has 0 spiro atoms. The number of rotatable bonds is 2. The van der Waals surface area contributed by atoms with Gasteiger partial charge in [-0.25, -0.2) is 0 Å². The van der Waals surface area contributed by atoms with Crippen molar-refractivity contribution in [3.05, 3.63) is 76.4 Å². The molecule has 0 aliphatic carbocycles. The number of benzene rings is 2. The molecule has 6 heteroatoms. The summed E-state index contributed by atoms with van der Waals surface area (Å²) in [5, 5.41) is 2.96. The van der Waals surface area contributed by atoms with Crippen LogP contribution >= 0.6 is 11.6 Å². The van der Waals surface area contributed by atoms with Crippen LogP contribution in [0.25, 0.3) is 6.08 Å². The van der Waals surface area contributed by atoms with Gasteiger partial charge in [0.1, 0.15) is 6.04 Å². The molecule has 134 valence electrons. The van der Waals surface area contributed by atoms with Gasteiger partial charge in [-0.05, 0) is 41.5 Å². The van der Waals surface area contributed by atoms with Crippen LogP contribution in [0.2, 0.25) is 5.02 Å². The number of carbonyl (C=O) groups is 3. The van der Waals surface area contributed by atoms with Gasteiger partial charge in [0.2, 0.25) is 11.8 Å². The number of hydrogen-bond donors (Lipinski definition) is 1. The number of ketones is 1. The molecule has 0 radical (unpaired) electrons. The molecule has 2 aromatic rings. The highest BCUT2D eigenvalue weighted by molar-refractivity contribution is 6.30. The van der Waals surface area contributed by atoms with Crippen LogP contribution in [0.4, 0.5) is 0 Å². The fourth-order valence-corrected chi connectivity index (χ4v) is 4.69. The first-order valence-corrected chi connectivity index (χ1v) is 9.13. The van der Waals surface area contributed by atoms with Crippen LogP contribution in [0, 0.1) is 11.8 Å². The van der Waals surface area contributed by atoms with Crippen molar-refractivity contribution in [3.8, 4) is 0 Å². The van der Waals surface area contributed by atoms with Crippen molar-refractivity contribution in [2.24, 2.45) is 11.8 Å². The maximum Gasteiger partial charge on any atom is 0.233 e. The third-order valence-electron chi connectivity index (χ3n) is 5.70. The lowest BCUT2D eigenvalue weighted by atomic mass is 9.83. The maximum atomic E-state index is 13.3. The molecule has 0 aromatic heterocycles. The van der Waals surface area contributed by atoms with E-state index in [1.165, 1.54) is 0 Å². The van der Waals surface area contributed by atoms with Crippen LogP contribution in [-0.4, -0.2) is 28.5 Å². The highest BCUT2D eigenvalue weighted by Crippen LogP contribution is 2.51. The molecule has 3 heterocycles. The number of hydrogen-bond acceptors (Lipinski definition) is 4. The largest absolute Gasteiger partial charge is 0.358 e. The average molecular weight is 379 g/mol. The van der Waals surface area contributed by atoms with Gasteiger partial charge >= 0.3 is 0 Å². The third kappa shape index (κ3) is 2.28. The second-order valence-corrected chi connectivity index (χ2v) is 7.49. The van der Waals surface area contributed by atoms with Gasteiger partial charge in [0, 0.05) is 16.8 Å². The lowest BCUT2D eigenvalue weighted by Gasteiger charge is -2.34. The molecule has 2 aromatic carbocycles. The molecule has 5 rings (SSSR count). The quantitative estimate of drug-likeness (QED) is 0.644. The third-order valence-corrected chi connectivity index (χ3v) is 5.95. The minimum Gasteiger partial charge on any atom is -0.358 e. The zero-order chi connectivity index (χ0) is 18.7. The average Bonchev–Trinajstić information content (AvgIpc) is 3.17. The minimum absolute atomic E-state index is 0.182. The predicted molar refractivity (Wildman–Crippen MR) is 99.8 cm³/mol. The Balaban J connectivity index is 1.64. The van der Waals surface area contributed by atoms with E-state index in [2.05, 4.69) is 5.32 Å². The summed E-state index contributed by atoms with van der Waals surface area (Å²) in [6.07, 6.45) is 3.77. The van der Waals surface area contributed by atoms with E-state index >= 15 is 0 Å². The molecule has 3 aliphatic heterocycles. The zero-order valence-electron chi connectivity index (χ0n) is 14.1. The fraction of sp³-hybridized carbons (Fsp3) is 0.190. The summed E-state index contributed by atoms with van der Waals surface area (Å²) in [5.74, 6) is -2.15. The van der Waals surface area contributed by atoms with Crippen LogP contribution in [0.3, 0.4) is 0 Å². The van der Waals surface area contributed by atoms with Crippen molar-refractivity contribution >= 4 is 35.3 Å². The summed E-state index contributed by atoms with van der Waals surface area (Å²) in [4.78, 5) is 40.3. The Hall–Kier alpha value is -2.92. The second kappa shape index (κ2) is 5.79. The number of imide groups is 1. The SMILES string of the molecule is O=C1NC(=O)[C@H]2[C@@H]1[C@@H]1c3ccccc3C=CN1[C@H]2C(=O)c1ccc(Cl)cc1. The smallest absolute Gasteiger partial charge is 0.233 e. The summed E-state index contributed by atoms with van der Waals surface area (Å²) in [5.41, 5.74) is 2.44. The van der Waals surface area contributed by atoms with E-state index in [0.29, 0.717) is 10.6 Å². The topological polar surface area (TPSA) is 66.5 Å². The van der Waals surface area contributed by atoms with E-state index in [9.17, 15) is 14.4 Å². The van der Waals surface area contributed by atoms with Gasteiger partial charge < -0.3 is 4.90 Å². The van der Waals surface area contributed by atoms with Gasteiger partial charge in [-0.2, -0.15) is 0 Å². The lowest BCUT2D eigenvalue weighted by molar-refractivity contribution is -0.127. The van der Waals surface area contributed by atoms with E-state index in [-0.39, 0.29) is 23.6 Å². The Labute approximate surface area is 160 Å². The molecular weight excluding hydrogens is 364 g/mol. The van der Waals surface area contributed by atoms with E-state index in [0.717, 1.165) is 11.1 Å². The first-order valence-electron chi connectivity index (χ1n) is 8.75. The van der Waals surface area contributed by atoms with Gasteiger partial charge in [0.05, 0.1) is 17.9 Å². The first-order chi connectivity index (χ1) is 13.1. The Morgan fingerprint density at radius 1 is 0.963 bits per heavy atom. The number of fused-ring (bicyclic) bond motifs is 5. The molecule has 0 saturated carbocycles. The maximum absolute atomic E-state index is 13.3. The lowest BCUT2D eigenvalue weighted by Crippen LogP contribution is -2.42. The van der Waals surface area contributed by atoms with Crippen LogP contribution in [-0.2, 0) is 9.59 Å². The first kappa shape index (κ1) is 16.3. The van der Waals surface area contributed by atoms with Gasteiger partial charge in [-0.1, -0.05) is 35.9 Å². The number of halogens is 1. The molecule has 0 bridgehead atoms. The summed E-state index contributed by atoms with van der Waals surface area (Å²) in [6, 6.07) is 13.3. The van der Waals surface area contributed by atoms with Crippen molar-refractivity contribution in [2.75, 3.05) is 0 Å². The molecule has 1 N–H and O–H groups in total. The Kier molecular flexibility index (Phi) is 3.49. The van der Waals surface area contributed by atoms with E-state index in [4.69, 9.17) is 11.6 Å². The Morgan fingerprint density at radius 3 is 2.44 bits per heavy atom. The molecule has 3 aliphatic rings. The number of Topliss-reactive ketones (excluding diaryl/α,β-unsaturated/α-hetero) is 1. The number of carbonyl (C=O) groups excluding carboxylic acids is 3. The molecular formula is C21H15ClN2O3. The molecule has 2 saturated heterocycles. The summed E-state index contributed by atoms with van der Waals surface area (Å²) in [6.45, 7) is 0. The van der Waals surface area contributed by atoms with Gasteiger partial charge in [-0.3, -0.25) is 19.7 Å². The number of amides is 2. The van der Waals surface area contributed by atoms with Gasteiger partial charge in [-0.15, -0.1) is 0 Å². The highest BCUT2D eigenvalue weighted by Gasteiger charge is 2.61. The predicted octanol–water partition coefficient (Wildman–Crippen LogP) is 2.82. The molecule has 0 unspecified atom stereocenters.